The number of carbonyl (C=O) groups excluding carboxylic acids is 1. The average Bonchev–Trinajstić information content (AvgIpc) is 3.36. The van der Waals surface area contributed by atoms with Crippen molar-refractivity contribution >= 4 is 17.2 Å². The fourth-order valence-electron chi connectivity index (χ4n) is 3.32. The van der Waals surface area contributed by atoms with Crippen molar-refractivity contribution in [2.75, 3.05) is 26.2 Å². The van der Waals surface area contributed by atoms with Crippen LogP contribution in [0.3, 0.4) is 0 Å². The second-order valence-corrected chi connectivity index (χ2v) is 7.38. The maximum Gasteiger partial charge on any atom is 0.253 e. The molecule has 3 aromatic rings. The molecule has 0 unspecified atom stereocenters. The molecule has 0 spiro atoms. The van der Waals surface area contributed by atoms with Crippen LogP contribution >= 0.6 is 11.3 Å². The number of hydrogen-bond acceptors (Lipinski definition) is 4. The van der Waals surface area contributed by atoms with Gasteiger partial charge in [-0.25, -0.2) is 0 Å². The van der Waals surface area contributed by atoms with E-state index >= 15 is 0 Å². The zero-order valence-corrected chi connectivity index (χ0v) is 15.4. The number of rotatable bonds is 5. The van der Waals surface area contributed by atoms with E-state index in [2.05, 4.69) is 26.8 Å². The van der Waals surface area contributed by atoms with Crippen molar-refractivity contribution in [2.24, 2.45) is 0 Å². The Morgan fingerprint density at radius 3 is 2.65 bits per heavy atom. The van der Waals surface area contributed by atoms with Crippen LogP contribution in [0.25, 0.3) is 0 Å². The molecule has 0 bridgehead atoms. The van der Waals surface area contributed by atoms with E-state index in [0.29, 0.717) is 6.54 Å². The molecule has 1 aliphatic heterocycles. The topological polar surface area (TPSA) is 41.4 Å². The summed E-state index contributed by atoms with van der Waals surface area (Å²) in [5.41, 5.74) is 3.22. The summed E-state index contributed by atoms with van der Waals surface area (Å²) in [6.45, 7) is 5.08. The first-order valence-corrected chi connectivity index (χ1v) is 9.81. The van der Waals surface area contributed by atoms with Gasteiger partial charge in [0, 0.05) is 50.7 Å². The molecule has 3 heterocycles. The fourth-order valence-corrected chi connectivity index (χ4v) is 3.98. The summed E-state index contributed by atoms with van der Waals surface area (Å²) < 4.78 is 1.87. The van der Waals surface area contributed by atoms with Crippen LogP contribution in [-0.2, 0) is 13.1 Å². The summed E-state index contributed by atoms with van der Waals surface area (Å²) in [6.07, 6.45) is 3.70. The van der Waals surface area contributed by atoms with E-state index in [1.54, 1.807) is 17.5 Å². The Labute approximate surface area is 157 Å². The predicted molar refractivity (Wildman–Crippen MR) is 103 cm³/mol. The number of hydrogen-bond donors (Lipinski definition) is 0. The third-order valence-electron chi connectivity index (χ3n) is 4.72. The lowest BCUT2D eigenvalue weighted by Gasteiger charge is -2.34. The molecule has 134 valence electrons. The Hall–Kier alpha value is -2.44. The van der Waals surface area contributed by atoms with Crippen molar-refractivity contribution in [3.05, 3.63) is 76.2 Å². The van der Waals surface area contributed by atoms with Gasteiger partial charge in [0.15, 0.2) is 0 Å². The lowest BCUT2D eigenvalue weighted by atomic mass is 10.1. The van der Waals surface area contributed by atoms with E-state index in [0.717, 1.165) is 43.9 Å². The molecule has 6 heteroatoms. The minimum absolute atomic E-state index is 0.127. The Bertz CT molecular complexity index is 837. The number of nitrogens with zero attached hydrogens (tertiary/aromatic N) is 4. The minimum atomic E-state index is 0.127. The fraction of sp³-hybridized carbons (Fsp3) is 0.300. The van der Waals surface area contributed by atoms with Crippen molar-refractivity contribution in [1.82, 2.24) is 19.6 Å². The quantitative estimate of drug-likeness (QED) is 0.697. The lowest BCUT2D eigenvalue weighted by Crippen LogP contribution is -2.48. The number of amides is 1. The minimum Gasteiger partial charge on any atom is -0.336 e. The number of thiophene rings is 1. The second kappa shape index (κ2) is 7.85. The first-order valence-electron chi connectivity index (χ1n) is 8.87. The summed E-state index contributed by atoms with van der Waals surface area (Å²) in [6, 6.07) is 12.0. The second-order valence-electron chi connectivity index (χ2n) is 6.60. The van der Waals surface area contributed by atoms with E-state index in [1.165, 1.54) is 5.56 Å². The SMILES string of the molecule is O=C(c1cccc(Cn2cccn2)c1)N1CCN(Cc2ccsc2)CC1. The van der Waals surface area contributed by atoms with Gasteiger partial charge < -0.3 is 4.90 Å². The van der Waals surface area contributed by atoms with Crippen molar-refractivity contribution in [2.45, 2.75) is 13.1 Å². The van der Waals surface area contributed by atoms with Crippen LogP contribution < -0.4 is 0 Å². The average molecular weight is 366 g/mol. The molecule has 0 saturated carbocycles. The largest absolute Gasteiger partial charge is 0.336 e. The van der Waals surface area contributed by atoms with Crippen molar-refractivity contribution in [3.8, 4) is 0 Å². The van der Waals surface area contributed by atoms with Gasteiger partial charge in [0.2, 0.25) is 0 Å². The molecule has 0 N–H and O–H groups in total. The van der Waals surface area contributed by atoms with E-state index in [9.17, 15) is 4.79 Å². The number of piperazine rings is 1. The Morgan fingerprint density at radius 1 is 1.04 bits per heavy atom. The van der Waals surface area contributed by atoms with Crippen LogP contribution in [0.15, 0.2) is 59.6 Å². The highest BCUT2D eigenvalue weighted by Crippen LogP contribution is 2.14. The lowest BCUT2D eigenvalue weighted by molar-refractivity contribution is 0.0628. The summed E-state index contributed by atoms with van der Waals surface area (Å²) in [4.78, 5) is 17.3. The molecular weight excluding hydrogens is 344 g/mol. The molecule has 1 amide bonds. The molecule has 26 heavy (non-hydrogen) atoms. The Balaban J connectivity index is 1.36. The van der Waals surface area contributed by atoms with Gasteiger partial charge in [-0.15, -0.1) is 0 Å². The molecule has 0 atom stereocenters. The molecule has 1 aromatic carbocycles. The summed E-state index contributed by atoms with van der Waals surface area (Å²) >= 11 is 1.74. The molecule has 1 saturated heterocycles. The van der Waals surface area contributed by atoms with E-state index < -0.39 is 0 Å². The van der Waals surface area contributed by atoms with Gasteiger partial charge in [-0.2, -0.15) is 16.4 Å². The maximum absolute atomic E-state index is 12.9. The Morgan fingerprint density at radius 2 is 1.92 bits per heavy atom. The smallest absolute Gasteiger partial charge is 0.253 e. The van der Waals surface area contributed by atoms with Gasteiger partial charge in [-0.1, -0.05) is 12.1 Å². The zero-order valence-electron chi connectivity index (χ0n) is 14.6. The molecule has 1 fully saturated rings. The highest BCUT2D eigenvalue weighted by Gasteiger charge is 2.22. The third-order valence-corrected chi connectivity index (χ3v) is 5.46. The van der Waals surface area contributed by atoms with Crippen LogP contribution in [-0.4, -0.2) is 51.7 Å². The van der Waals surface area contributed by atoms with Gasteiger partial charge in [0.05, 0.1) is 6.54 Å². The normalized spacial score (nSPS) is 15.3. The molecule has 5 nitrogen and oxygen atoms in total. The first-order chi connectivity index (χ1) is 12.8. The Kier molecular flexibility index (Phi) is 5.13. The standard InChI is InChI=1S/C20H22N4OS/c25-20(19-4-1-3-17(13-19)15-24-7-2-6-21-24)23-10-8-22(9-11-23)14-18-5-12-26-16-18/h1-7,12-13,16H,8-11,14-15H2. The monoisotopic (exact) mass is 366 g/mol. The van der Waals surface area contributed by atoms with Crippen molar-refractivity contribution in [3.63, 3.8) is 0 Å². The summed E-state index contributed by atoms with van der Waals surface area (Å²) in [5, 5.41) is 8.54. The zero-order chi connectivity index (χ0) is 17.8. The molecule has 2 aromatic heterocycles. The van der Waals surface area contributed by atoms with Gasteiger partial charge in [-0.05, 0) is 46.2 Å². The third kappa shape index (κ3) is 4.03. The van der Waals surface area contributed by atoms with Gasteiger partial charge in [0.25, 0.3) is 5.91 Å². The molecule has 4 rings (SSSR count). The van der Waals surface area contributed by atoms with Crippen LogP contribution in [0, 0.1) is 0 Å². The predicted octanol–water partition coefficient (Wildman–Crippen LogP) is 2.95. The van der Waals surface area contributed by atoms with E-state index in [1.807, 2.05) is 46.1 Å². The van der Waals surface area contributed by atoms with Crippen LogP contribution in [0.5, 0.6) is 0 Å². The molecule has 0 radical (unpaired) electrons. The number of aromatic nitrogens is 2. The van der Waals surface area contributed by atoms with E-state index in [4.69, 9.17) is 0 Å². The molecule has 0 aliphatic carbocycles. The van der Waals surface area contributed by atoms with Crippen molar-refractivity contribution < 1.29 is 4.79 Å². The first kappa shape index (κ1) is 17.0. The number of carbonyl (C=O) groups is 1. The summed E-state index contributed by atoms with van der Waals surface area (Å²) in [7, 11) is 0. The molecule has 1 aliphatic rings. The highest BCUT2D eigenvalue weighted by atomic mass is 32.1. The van der Waals surface area contributed by atoms with Crippen LogP contribution in [0.1, 0.15) is 21.5 Å². The maximum atomic E-state index is 12.9. The van der Waals surface area contributed by atoms with Crippen LogP contribution in [0.4, 0.5) is 0 Å². The van der Waals surface area contributed by atoms with Gasteiger partial charge in [-0.3, -0.25) is 14.4 Å². The van der Waals surface area contributed by atoms with Crippen molar-refractivity contribution in [1.29, 1.82) is 0 Å². The summed E-state index contributed by atoms with van der Waals surface area (Å²) in [5.74, 6) is 0.127. The van der Waals surface area contributed by atoms with Gasteiger partial charge >= 0.3 is 0 Å². The van der Waals surface area contributed by atoms with E-state index in [-0.39, 0.29) is 5.91 Å². The number of benzene rings is 1. The van der Waals surface area contributed by atoms with Crippen LogP contribution in [0.2, 0.25) is 0 Å². The van der Waals surface area contributed by atoms with Gasteiger partial charge in [0.1, 0.15) is 0 Å². The highest BCUT2D eigenvalue weighted by molar-refractivity contribution is 7.07. The molecular formula is C20H22N4OS.